The zero-order valence-corrected chi connectivity index (χ0v) is 11.1. The summed E-state index contributed by atoms with van der Waals surface area (Å²) in [5.41, 5.74) is 3.33. The SMILES string of the molecule is Cc1cnn(-c2cccc(Cl)c2CNC2CC2)c1. The van der Waals surface area contributed by atoms with Gasteiger partial charge in [0.25, 0.3) is 0 Å². The van der Waals surface area contributed by atoms with Crippen LogP contribution in [0.25, 0.3) is 5.69 Å². The van der Waals surface area contributed by atoms with Crippen LogP contribution >= 0.6 is 11.6 Å². The average Bonchev–Trinajstić information content (AvgIpc) is 3.08. The summed E-state index contributed by atoms with van der Waals surface area (Å²) in [4.78, 5) is 0. The third-order valence-electron chi connectivity index (χ3n) is 3.20. The van der Waals surface area contributed by atoms with Gasteiger partial charge in [-0.05, 0) is 37.5 Å². The van der Waals surface area contributed by atoms with Crippen LogP contribution in [0.2, 0.25) is 5.02 Å². The Morgan fingerprint density at radius 2 is 2.28 bits per heavy atom. The topological polar surface area (TPSA) is 29.9 Å². The quantitative estimate of drug-likeness (QED) is 0.917. The summed E-state index contributed by atoms with van der Waals surface area (Å²) in [6, 6.07) is 6.64. The fraction of sp³-hybridized carbons (Fsp3) is 0.357. The Hall–Kier alpha value is -1.32. The smallest absolute Gasteiger partial charge is 0.0705 e. The van der Waals surface area contributed by atoms with Crippen LogP contribution in [0.4, 0.5) is 0 Å². The molecule has 94 valence electrons. The minimum absolute atomic E-state index is 0.675. The maximum Gasteiger partial charge on any atom is 0.0705 e. The first-order chi connectivity index (χ1) is 8.74. The number of nitrogens with zero attached hydrogens (tertiary/aromatic N) is 2. The van der Waals surface area contributed by atoms with Crippen molar-refractivity contribution >= 4 is 11.6 Å². The number of aromatic nitrogens is 2. The first kappa shape index (κ1) is 11.8. The summed E-state index contributed by atoms with van der Waals surface area (Å²) in [6.45, 7) is 2.84. The van der Waals surface area contributed by atoms with E-state index in [1.54, 1.807) is 0 Å². The molecule has 1 heterocycles. The maximum atomic E-state index is 6.31. The molecule has 2 aromatic rings. The lowest BCUT2D eigenvalue weighted by molar-refractivity contribution is 0.681. The zero-order valence-electron chi connectivity index (χ0n) is 10.4. The molecule has 4 heteroatoms. The molecule has 0 spiro atoms. The number of rotatable bonds is 4. The van der Waals surface area contributed by atoms with Gasteiger partial charge in [0.1, 0.15) is 0 Å². The molecule has 0 unspecified atom stereocenters. The monoisotopic (exact) mass is 261 g/mol. The van der Waals surface area contributed by atoms with Gasteiger partial charge in [-0.3, -0.25) is 0 Å². The largest absolute Gasteiger partial charge is 0.310 e. The van der Waals surface area contributed by atoms with E-state index in [2.05, 4.69) is 16.5 Å². The van der Waals surface area contributed by atoms with E-state index in [1.165, 1.54) is 12.8 Å². The lowest BCUT2D eigenvalue weighted by atomic mass is 10.1. The Labute approximate surface area is 112 Å². The fourth-order valence-corrected chi connectivity index (χ4v) is 2.25. The first-order valence-electron chi connectivity index (χ1n) is 6.26. The predicted molar refractivity (Wildman–Crippen MR) is 73.2 cm³/mol. The van der Waals surface area contributed by atoms with Gasteiger partial charge in [-0.15, -0.1) is 0 Å². The van der Waals surface area contributed by atoms with Crippen molar-refractivity contribution in [1.29, 1.82) is 0 Å². The molecular formula is C14H16ClN3. The molecule has 0 saturated heterocycles. The van der Waals surface area contributed by atoms with Crippen molar-refractivity contribution in [1.82, 2.24) is 15.1 Å². The highest BCUT2D eigenvalue weighted by Crippen LogP contribution is 2.25. The van der Waals surface area contributed by atoms with Crippen molar-refractivity contribution in [3.05, 3.63) is 46.7 Å². The minimum atomic E-state index is 0.675. The third kappa shape index (κ3) is 2.42. The lowest BCUT2D eigenvalue weighted by Crippen LogP contribution is -2.17. The Morgan fingerprint density at radius 3 is 2.94 bits per heavy atom. The second-order valence-corrected chi connectivity index (χ2v) is 5.26. The molecule has 1 aromatic heterocycles. The van der Waals surface area contributed by atoms with Gasteiger partial charge in [0.2, 0.25) is 0 Å². The van der Waals surface area contributed by atoms with E-state index in [0.29, 0.717) is 6.04 Å². The van der Waals surface area contributed by atoms with Gasteiger partial charge in [-0.1, -0.05) is 17.7 Å². The Balaban J connectivity index is 1.93. The summed E-state index contributed by atoms with van der Waals surface area (Å²) in [6.07, 6.45) is 6.44. The Kier molecular flexibility index (Phi) is 3.10. The van der Waals surface area contributed by atoms with Gasteiger partial charge >= 0.3 is 0 Å². The maximum absolute atomic E-state index is 6.31. The lowest BCUT2D eigenvalue weighted by Gasteiger charge is -2.12. The fourth-order valence-electron chi connectivity index (χ4n) is 2.02. The summed E-state index contributed by atoms with van der Waals surface area (Å²) in [5, 5.41) is 8.67. The van der Waals surface area contributed by atoms with E-state index in [0.717, 1.165) is 28.4 Å². The van der Waals surface area contributed by atoms with Crippen molar-refractivity contribution in [2.45, 2.75) is 32.4 Å². The molecule has 0 bridgehead atoms. The van der Waals surface area contributed by atoms with Gasteiger partial charge in [0, 0.05) is 29.4 Å². The standard InChI is InChI=1S/C14H16ClN3/c1-10-7-17-18(9-10)14-4-2-3-13(15)12(14)8-16-11-5-6-11/h2-4,7,9,11,16H,5-6,8H2,1H3. The van der Waals surface area contributed by atoms with Crippen molar-refractivity contribution in [3.8, 4) is 5.69 Å². The Bertz CT molecular complexity index is 558. The van der Waals surface area contributed by atoms with Gasteiger partial charge in [0.05, 0.1) is 11.9 Å². The highest BCUT2D eigenvalue weighted by atomic mass is 35.5. The predicted octanol–water partition coefficient (Wildman–Crippen LogP) is 3.09. The molecule has 18 heavy (non-hydrogen) atoms. The van der Waals surface area contributed by atoms with Crippen molar-refractivity contribution in [2.24, 2.45) is 0 Å². The number of nitrogens with one attached hydrogen (secondary N) is 1. The second-order valence-electron chi connectivity index (χ2n) is 4.85. The van der Waals surface area contributed by atoms with Crippen molar-refractivity contribution < 1.29 is 0 Å². The van der Waals surface area contributed by atoms with Gasteiger partial charge in [-0.25, -0.2) is 4.68 Å². The highest BCUT2D eigenvalue weighted by Gasteiger charge is 2.21. The van der Waals surface area contributed by atoms with Crippen LogP contribution in [-0.2, 0) is 6.54 Å². The molecule has 3 nitrogen and oxygen atoms in total. The van der Waals surface area contributed by atoms with Crippen LogP contribution in [0.1, 0.15) is 24.0 Å². The van der Waals surface area contributed by atoms with Crippen LogP contribution < -0.4 is 5.32 Å². The van der Waals surface area contributed by atoms with Crippen LogP contribution in [-0.4, -0.2) is 15.8 Å². The highest BCUT2D eigenvalue weighted by molar-refractivity contribution is 6.31. The average molecular weight is 262 g/mol. The molecule has 1 N–H and O–H groups in total. The molecule has 1 aliphatic carbocycles. The molecule has 1 aromatic carbocycles. The third-order valence-corrected chi connectivity index (χ3v) is 3.55. The van der Waals surface area contributed by atoms with Gasteiger partial charge in [0.15, 0.2) is 0 Å². The normalized spacial score (nSPS) is 15.0. The number of benzene rings is 1. The molecule has 3 rings (SSSR count). The molecule has 1 aliphatic rings. The molecule has 0 atom stereocenters. The summed E-state index contributed by atoms with van der Waals surface area (Å²) >= 11 is 6.31. The molecule has 0 aliphatic heterocycles. The molecule has 1 fully saturated rings. The number of aryl methyl sites for hydroxylation is 1. The van der Waals surface area contributed by atoms with E-state index >= 15 is 0 Å². The van der Waals surface area contributed by atoms with Gasteiger partial charge in [-0.2, -0.15) is 5.10 Å². The number of halogens is 1. The van der Waals surface area contributed by atoms with Crippen LogP contribution in [0, 0.1) is 6.92 Å². The van der Waals surface area contributed by atoms with E-state index in [1.807, 2.05) is 36.1 Å². The summed E-state index contributed by atoms with van der Waals surface area (Å²) < 4.78 is 1.89. The van der Waals surface area contributed by atoms with E-state index < -0.39 is 0 Å². The summed E-state index contributed by atoms with van der Waals surface area (Å²) in [7, 11) is 0. The molecular weight excluding hydrogens is 246 g/mol. The number of hydrogen-bond acceptors (Lipinski definition) is 2. The van der Waals surface area contributed by atoms with E-state index in [9.17, 15) is 0 Å². The second kappa shape index (κ2) is 4.75. The van der Waals surface area contributed by atoms with Crippen LogP contribution in [0.15, 0.2) is 30.6 Å². The van der Waals surface area contributed by atoms with Crippen LogP contribution in [0.5, 0.6) is 0 Å². The van der Waals surface area contributed by atoms with E-state index in [-0.39, 0.29) is 0 Å². The first-order valence-corrected chi connectivity index (χ1v) is 6.64. The molecule has 0 radical (unpaired) electrons. The van der Waals surface area contributed by atoms with Crippen LogP contribution in [0.3, 0.4) is 0 Å². The Morgan fingerprint density at radius 1 is 1.44 bits per heavy atom. The van der Waals surface area contributed by atoms with E-state index in [4.69, 9.17) is 11.6 Å². The molecule has 1 saturated carbocycles. The molecule has 0 amide bonds. The van der Waals surface area contributed by atoms with Crippen molar-refractivity contribution in [3.63, 3.8) is 0 Å². The minimum Gasteiger partial charge on any atom is -0.310 e. The van der Waals surface area contributed by atoms with Crippen molar-refractivity contribution in [2.75, 3.05) is 0 Å². The summed E-state index contributed by atoms with van der Waals surface area (Å²) in [5.74, 6) is 0. The number of hydrogen-bond donors (Lipinski definition) is 1. The van der Waals surface area contributed by atoms with Gasteiger partial charge < -0.3 is 5.32 Å². The zero-order chi connectivity index (χ0) is 12.5.